The van der Waals surface area contributed by atoms with Crippen molar-refractivity contribution in [3.63, 3.8) is 0 Å². The van der Waals surface area contributed by atoms with Gasteiger partial charge in [0.15, 0.2) is 0 Å². The van der Waals surface area contributed by atoms with Crippen LogP contribution in [0, 0.1) is 0 Å². The number of ether oxygens (including phenoxy) is 2. The van der Waals surface area contributed by atoms with Crippen molar-refractivity contribution in [2.75, 3.05) is 46.6 Å². The predicted molar refractivity (Wildman–Crippen MR) is 79.7 cm³/mol. The Labute approximate surface area is 122 Å². The highest BCUT2D eigenvalue weighted by atomic mass is 16.5. The molecule has 1 N–H and O–H groups in total. The molecule has 5 heteroatoms. The second-order valence-corrected chi connectivity index (χ2v) is 4.57. The summed E-state index contributed by atoms with van der Waals surface area (Å²) in [4.78, 5) is 2.31. The van der Waals surface area contributed by atoms with Crippen LogP contribution in [0.1, 0.15) is 25.2 Å². The monoisotopic (exact) mass is 284 g/mol. The van der Waals surface area contributed by atoms with Crippen molar-refractivity contribution in [3.05, 3.63) is 23.7 Å². The van der Waals surface area contributed by atoms with Crippen molar-refractivity contribution in [3.8, 4) is 0 Å². The molecule has 0 fully saturated rings. The molecule has 116 valence electrons. The van der Waals surface area contributed by atoms with Gasteiger partial charge in [-0.15, -0.1) is 0 Å². The van der Waals surface area contributed by atoms with Crippen LogP contribution in [0.2, 0.25) is 0 Å². The zero-order chi connectivity index (χ0) is 14.6. The van der Waals surface area contributed by atoms with Crippen molar-refractivity contribution in [2.45, 2.75) is 26.9 Å². The first-order valence-corrected chi connectivity index (χ1v) is 7.39. The van der Waals surface area contributed by atoms with Crippen LogP contribution in [0.15, 0.2) is 16.7 Å². The summed E-state index contributed by atoms with van der Waals surface area (Å²) in [6.45, 7) is 10.4. The van der Waals surface area contributed by atoms with Gasteiger partial charge in [-0.1, -0.05) is 0 Å². The molecule has 0 saturated carbocycles. The number of rotatable bonds is 12. The highest BCUT2D eigenvalue weighted by Gasteiger charge is 2.12. The maximum absolute atomic E-state index is 5.60. The van der Waals surface area contributed by atoms with E-state index < -0.39 is 0 Å². The summed E-state index contributed by atoms with van der Waals surface area (Å²) in [5.74, 6) is 1.02. The van der Waals surface area contributed by atoms with Gasteiger partial charge in [-0.3, -0.25) is 4.90 Å². The lowest BCUT2D eigenvalue weighted by Gasteiger charge is -2.21. The van der Waals surface area contributed by atoms with Crippen molar-refractivity contribution >= 4 is 0 Å². The molecule has 0 spiro atoms. The fraction of sp³-hybridized carbons (Fsp3) is 0.733. The molecule has 1 heterocycles. The standard InChI is InChI=1S/C15H28N2O3/c1-4-18-10-7-17(8-11-19-5-2)13-15-14(12-16-3)6-9-20-15/h6,9,16H,4-5,7-8,10-13H2,1-3H3. The minimum atomic E-state index is 0.741. The van der Waals surface area contributed by atoms with Gasteiger partial charge in [0.1, 0.15) is 5.76 Å². The summed E-state index contributed by atoms with van der Waals surface area (Å²) in [5, 5.41) is 3.16. The number of nitrogens with one attached hydrogen (secondary N) is 1. The Kier molecular flexibility index (Phi) is 9.32. The number of hydrogen-bond donors (Lipinski definition) is 1. The highest BCUT2D eigenvalue weighted by Crippen LogP contribution is 2.13. The smallest absolute Gasteiger partial charge is 0.122 e. The summed E-state index contributed by atoms with van der Waals surface area (Å²) in [6.07, 6.45) is 1.76. The third-order valence-electron chi connectivity index (χ3n) is 3.08. The Morgan fingerprint density at radius 3 is 2.35 bits per heavy atom. The average molecular weight is 284 g/mol. The van der Waals surface area contributed by atoms with Crippen LogP contribution in [-0.2, 0) is 22.6 Å². The first-order valence-electron chi connectivity index (χ1n) is 7.39. The van der Waals surface area contributed by atoms with E-state index in [0.29, 0.717) is 0 Å². The first-order chi connectivity index (χ1) is 9.81. The van der Waals surface area contributed by atoms with Gasteiger partial charge in [0.25, 0.3) is 0 Å². The molecule has 0 aliphatic rings. The second kappa shape index (κ2) is 10.9. The van der Waals surface area contributed by atoms with E-state index >= 15 is 0 Å². The van der Waals surface area contributed by atoms with E-state index in [1.165, 1.54) is 5.56 Å². The molecule has 1 rings (SSSR count). The van der Waals surface area contributed by atoms with Gasteiger partial charge < -0.3 is 19.2 Å². The van der Waals surface area contributed by atoms with Gasteiger partial charge in [0.2, 0.25) is 0 Å². The van der Waals surface area contributed by atoms with E-state index in [1.54, 1.807) is 6.26 Å². The Morgan fingerprint density at radius 1 is 1.15 bits per heavy atom. The van der Waals surface area contributed by atoms with Gasteiger partial charge in [-0.25, -0.2) is 0 Å². The highest BCUT2D eigenvalue weighted by molar-refractivity contribution is 5.16. The predicted octanol–water partition coefficient (Wildman–Crippen LogP) is 1.87. The Morgan fingerprint density at radius 2 is 1.80 bits per heavy atom. The minimum absolute atomic E-state index is 0.741. The zero-order valence-corrected chi connectivity index (χ0v) is 13.0. The summed E-state index contributed by atoms with van der Waals surface area (Å²) >= 11 is 0. The molecule has 0 unspecified atom stereocenters. The molecule has 0 aromatic carbocycles. The lowest BCUT2D eigenvalue weighted by Crippen LogP contribution is -2.31. The van der Waals surface area contributed by atoms with Gasteiger partial charge in [-0.2, -0.15) is 0 Å². The molecular weight excluding hydrogens is 256 g/mol. The number of hydrogen-bond acceptors (Lipinski definition) is 5. The van der Waals surface area contributed by atoms with Crippen molar-refractivity contribution in [1.29, 1.82) is 0 Å². The molecule has 0 radical (unpaired) electrons. The van der Waals surface area contributed by atoms with Crippen LogP contribution >= 0.6 is 0 Å². The van der Waals surface area contributed by atoms with Crippen LogP contribution in [0.25, 0.3) is 0 Å². The first kappa shape index (κ1) is 17.2. The van der Waals surface area contributed by atoms with Gasteiger partial charge in [-0.05, 0) is 27.0 Å². The quantitative estimate of drug-likeness (QED) is 0.594. The molecule has 20 heavy (non-hydrogen) atoms. The molecule has 0 aliphatic heterocycles. The third-order valence-corrected chi connectivity index (χ3v) is 3.08. The maximum Gasteiger partial charge on any atom is 0.122 e. The van der Waals surface area contributed by atoms with Crippen LogP contribution in [0.3, 0.4) is 0 Å². The summed E-state index contributed by atoms with van der Waals surface area (Å²) < 4.78 is 16.5. The van der Waals surface area contributed by atoms with E-state index in [2.05, 4.69) is 10.2 Å². The van der Waals surface area contributed by atoms with E-state index in [9.17, 15) is 0 Å². The third kappa shape index (κ3) is 6.52. The summed E-state index contributed by atoms with van der Waals surface area (Å²) in [5.41, 5.74) is 1.21. The van der Waals surface area contributed by atoms with Gasteiger partial charge >= 0.3 is 0 Å². The molecule has 5 nitrogen and oxygen atoms in total. The lowest BCUT2D eigenvalue weighted by molar-refractivity contribution is 0.0767. The minimum Gasteiger partial charge on any atom is -0.468 e. The van der Waals surface area contributed by atoms with E-state index in [-0.39, 0.29) is 0 Å². The average Bonchev–Trinajstić information content (AvgIpc) is 2.87. The fourth-order valence-electron chi connectivity index (χ4n) is 2.00. The molecule has 0 atom stereocenters. The van der Waals surface area contributed by atoms with E-state index in [0.717, 1.165) is 58.4 Å². The van der Waals surface area contributed by atoms with Crippen molar-refractivity contribution in [1.82, 2.24) is 10.2 Å². The molecule has 0 amide bonds. The lowest BCUT2D eigenvalue weighted by atomic mass is 10.2. The van der Waals surface area contributed by atoms with Crippen LogP contribution < -0.4 is 5.32 Å². The van der Waals surface area contributed by atoms with Crippen LogP contribution in [-0.4, -0.2) is 51.5 Å². The maximum atomic E-state index is 5.60. The Bertz CT molecular complexity index is 332. The topological polar surface area (TPSA) is 46.9 Å². The fourth-order valence-corrected chi connectivity index (χ4v) is 2.00. The van der Waals surface area contributed by atoms with E-state index in [1.807, 2.05) is 27.0 Å². The molecule has 1 aromatic rings. The summed E-state index contributed by atoms with van der Waals surface area (Å²) in [6, 6.07) is 2.02. The Balaban J connectivity index is 2.50. The normalized spacial score (nSPS) is 11.4. The van der Waals surface area contributed by atoms with Crippen molar-refractivity contribution < 1.29 is 13.9 Å². The molecule has 0 aliphatic carbocycles. The van der Waals surface area contributed by atoms with Crippen molar-refractivity contribution in [2.24, 2.45) is 0 Å². The Hall–Kier alpha value is -0.880. The van der Waals surface area contributed by atoms with Crippen LogP contribution in [0.4, 0.5) is 0 Å². The van der Waals surface area contributed by atoms with Gasteiger partial charge in [0.05, 0.1) is 26.0 Å². The second-order valence-electron chi connectivity index (χ2n) is 4.57. The molecular formula is C15H28N2O3. The molecule has 0 saturated heterocycles. The number of nitrogens with zero attached hydrogens (tertiary/aromatic N) is 1. The largest absolute Gasteiger partial charge is 0.468 e. The van der Waals surface area contributed by atoms with E-state index in [4.69, 9.17) is 13.9 Å². The molecule has 0 bridgehead atoms. The summed E-state index contributed by atoms with van der Waals surface area (Å²) in [7, 11) is 1.94. The van der Waals surface area contributed by atoms with Gasteiger partial charge in [0, 0.05) is 38.4 Å². The SMILES string of the molecule is CCOCCN(CCOCC)Cc1occc1CNC. The van der Waals surface area contributed by atoms with Crippen LogP contribution in [0.5, 0.6) is 0 Å². The molecule has 1 aromatic heterocycles. The zero-order valence-electron chi connectivity index (χ0n) is 13.0. The number of furan rings is 1.